The molecule has 2 aromatic rings. The molecule has 2 amide bonds. The van der Waals surface area contributed by atoms with Gasteiger partial charge in [0, 0.05) is 10.2 Å². The van der Waals surface area contributed by atoms with Crippen molar-refractivity contribution in [3.63, 3.8) is 0 Å². The molecule has 19 heavy (non-hydrogen) atoms. The number of rotatable bonds is 2. The zero-order chi connectivity index (χ0) is 13.8. The molecule has 0 aliphatic carbocycles. The lowest BCUT2D eigenvalue weighted by atomic mass is 10.2. The fraction of sp³-hybridized carbons (Fsp3) is 0.0714. The van der Waals surface area contributed by atoms with Crippen LogP contribution in [0.1, 0.15) is 5.56 Å². The second-order valence-corrected chi connectivity index (χ2v) is 5.03. The van der Waals surface area contributed by atoms with Crippen LogP contribution >= 0.6 is 15.9 Å². The van der Waals surface area contributed by atoms with E-state index in [1.807, 2.05) is 25.1 Å². The van der Waals surface area contributed by atoms with E-state index in [0.29, 0.717) is 11.4 Å². The molecule has 3 N–H and O–H groups in total. The van der Waals surface area contributed by atoms with E-state index < -0.39 is 6.03 Å². The smallest absolute Gasteiger partial charge is 0.323 e. The van der Waals surface area contributed by atoms with Gasteiger partial charge in [0.05, 0.1) is 5.69 Å². The summed E-state index contributed by atoms with van der Waals surface area (Å²) in [4.78, 5) is 11.8. The lowest BCUT2D eigenvalue weighted by Crippen LogP contribution is -2.19. The average Bonchev–Trinajstić information content (AvgIpc) is 2.33. The van der Waals surface area contributed by atoms with Gasteiger partial charge in [0.15, 0.2) is 0 Å². The van der Waals surface area contributed by atoms with Crippen molar-refractivity contribution in [2.75, 3.05) is 10.6 Å². The zero-order valence-corrected chi connectivity index (χ0v) is 11.9. The minimum Gasteiger partial charge on any atom is -0.506 e. The molecule has 0 heterocycles. The molecule has 0 aliphatic rings. The van der Waals surface area contributed by atoms with Gasteiger partial charge in [-0.25, -0.2) is 4.79 Å². The Morgan fingerprint density at radius 1 is 1.16 bits per heavy atom. The van der Waals surface area contributed by atoms with E-state index in [2.05, 4.69) is 26.6 Å². The Bertz CT molecular complexity index is 614. The Morgan fingerprint density at radius 3 is 2.63 bits per heavy atom. The summed E-state index contributed by atoms with van der Waals surface area (Å²) in [6.07, 6.45) is 0. The van der Waals surface area contributed by atoms with Crippen molar-refractivity contribution in [1.82, 2.24) is 0 Å². The Kier molecular flexibility index (Phi) is 4.06. The van der Waals surface area contributed by atoms with Crippen molar-refractivity contribution in [1.29, 1.82) is 0 Å². The van der Waals surface area contributed by atoms with Crippen LogP contribution in [0, 0.1) is 6.92 Å². The number of phenolic OH excluding ortho intramolecular Hbond substituents is 1. The van der Waals surface area contributed by atoms with Crippen LogP contribution in [0.2, 0.25) is 0 Å². The summed E-state index contributed by atoms with van der Waals surface area (Å²) >= 11 is 3.33. The number of urea groups is 1. The number of carbonyl (C=O) groups is 1. The van der Waals surface area contributed by atoms with Crippen LogP contribution in [0.4, 0.5) is 16.2 Å². The quantitative estimate of drug-likeness (QED) is 0.729. The van der Waals surface area contributed by atoms with E-state index in [1.54, 1.807) is 24.3 Å². The summed E-state index contributed by atoms with van der Waals surface area (Å²) in [6.45, 7) is 1.87. The molecule has 0 bridgehead atoms. The highest BCUT2D eigenvalue weighted by Crippen LogP contribution is 2.24. The monoisotopic (exact) mass is 320 g/mol. The maximum Gasteiger partial charge on any atom is 0.323 e. The van der Waals surface area contributed by atoms with Crippen LogP contribution in [0.15, 0.2) is 46.9 Å². The number of hydrogen-bond acceptors (Lipinski definition) is 2. The molecule has 0 fully saturated rings. The van der Waals surface area contributed by atoms with Crippen LogP contribution in [-0.2, 0) is 0 Å². The minimum absolute atomic E-state index is 0.0457. The maximum absolute atomic E-state index is 11.8. The highest BCUT2D eigenvalue weighted by Gasteiger charge is 2.06. The van der Waals surface area contributed by atoms with Gasteiger partial charge in [0.1, 0.15) is 5.75 Å². The first-order valence-corrected chi connectivity index (χ1v) is 6.47. The summed E-state index contributed by atoms with van der Waals surface area (Å²) in [7, 11) is 0. The molecule has 0 saturated carbocycles. The molecule has 0 atom stereocenters. The second-order valence-electron chi connectivity index (χ2n) is 4.11. The number of aromatic hydroxyl groups is 1. The number of hydrogen-bond donors (Lipinski definition) is 3. The third kappa shape index (κ3) is 3.72. The molecule has 98 valence electrons. The first-order valence-electron chi connectivity index (χ1n) is 5.68. The van der Waals surface area contributed by atoms with Gasteiger partial charge in [-0.3, -0.25) is 0 Å². The average molecular weight is 321 g/mol. The highest BCUT2D eigenvalue weighted by atomic mass is 79.9. The molecular formula is C14H13BrN2O2. The molecule has 0 saturated heterocycles. The fourth-order valence-electron chi connectivity index (χ4n) is 1.60. The van der Waals surface area contributed by atoms with Gasteiger partial charge in [-0.1, -0.05) is 28.1 Å². The number of nitrogens with one attached hydrogen (secondary N) is 2. The topological polar surface area (TPSA) is 61.4 Å². The van der Waals surface area contributed by atoms with Gasteiger partial charge in [0.2, 0.25) is 0 Å². The molecular weight excluding hydrogens is 308 g/mol. The van der Waals surface area contributed by atoms with Gasteiger partial charge in [-0.05, 0) is 42.8 Å². The number of aryl methyl sites for hydroxylation is 1. The van der Waals surface area contributed by atoms with Gasteiger partial charge in [-0.15, -0.1) is 0 Å². The number of halogens is 1. The van der Waals surface area contributed by atoms with E-state index in [9.17, 15) is 9.90 Å². The maximum atomic E-state index is 11.8. The van der Waals surface area contributed by atoms with Crippen molar-refractivity contribution < 1.29 is 9.90 Å². The summed E-state index contributed by atoms with van der Waals surface area (Å²) in [5.74, 6) is 0.0457. The van der Waals surface area contributed by atoms with Gasteiger partial charge in [0.25, 0.3) is 0 Å². The van der Waals surface area contributed by atoms with E-state index in [4.69, 9.17) is 0 Å². The number of phenols is 1. The third-order valence-electron chi connectivity index (χ3n) is 2.48. The zero-order valence-electron chi connectivity index (χ0n) is 10.3. The van der Waals surface area contributed by atoms with Crippen LogP contribution < -0.4 is 10.6 Å². The number of carbonyl (C=O) groups excluding carboxylic acids is 1. The Morgan fingerprint density at radius 2 is 1.95 bits per heavy atom. The predicted octanol–water partition coefficient (Wildman–Crippen LogP) is 4.11. The van der Waals surface area contributed by atoms with Crippen LogP contribution in [0.3, 0.4) is 0 Å². The standard InChI is InChI=1S/C14H13BrN2O2/c1-9-5-6-12(13(18)7-9)17-14(19)16-11-4-2-3-10(15)8-11/h2-8,18H,1H3,(H2,16,17,19). The van der Waals surface area contributed by atoms with Crippen molar-refractivity contribution >= 4 is 33.3 Å². The molecule has 0 radical (unpaired) electrons. The highest BCUT2D eigenvalue weighted by molar-refractivity contribution is 9.10. The normalized spacial score (nSPS) is 10.0. The molecule has 0 unspecified atom stereocenters. The summed E-state index contributed by atoms with van der Waals surface area (Å²) in [5.41, 5.74) is 1.96. The summed E-state index contributed by atoms with van der Waals surface area (Å²) < 4.78 is 0.878. The third-order valence-corrected chi connectivity index (χ3v) is 2.98. The number of anilines is 2. The lowest BCUT2D eigenvalue weighted by molar-refractivity contribution is 0.262. The number of amides is 2. The predicted molar refractivity (Wildman–Crippen MR) is 79.6 cm³/mol. The summed E-state index contributed by atoms with van der Waals surface area (Å²) in [5, 5.41) is 15.0. The van der Waals surface area contributed by atoms with E-state index in [0.717, 1.165) is 10.0 Å². The molecule has 0 aliphatic heterocycles. The van der Waals surface area contributed by atoms with E-state index in [-0.39, 0.29) is 5.75 Å². The van der Waals surface area contributed by atoms with Crippen molar-refractivity contribution in [2.45, 2.75) is 6.92 Å². The molecule has 5 heteroatoms. The Balaban J connectivity index is 2.05. The minimum atomic E-state index is -0.405. The van der Waals surface area contributed by atoms with Gasteiger partial charge in [-0.2, -0.15) is 0 Å². The fourth-order valence-corrected chi connectivity index (χ4v) is 2.00. The van der Waals surface area contributed by atoms with Crippen molar-refractivity contribution in [3.8, 4) is 5.75 Å². The van der Waals surface area contributed by atoms with Crippen LogP contribution in [0.25, 0.3) is 0 Å². The Hall–Kier alpha value is -2.01. The molecule has 2 aromatic carbocycles. The van der Waals surface area contributed by atoms with E-state index in [1.165, 1.54) is 0 Å². The van der Waals surface area contributed by atoms with E-state index >= 15 is 0 Å². The van der Waals surface area contributed by atoms with Gasteiger partial charge >= 0.3 is 6.03 Å². The second kappa shape index (κ2) is 5.75. The van der Waals surface area contributed by atoms with Crippen molar-refractivity contribution in [2.24, 2.45) is 0 Å². The molecule has 4 nitrogen and oxygen atoms in total. The van der Waals surface area contributed by atoms with Crippen LogP contribution in [-0.4, -0.2) is 11.1 Å². The molecule has 0 spiro atoms. The summed E-state index contributed by atoms with van der Waals surface area (Å²) in [6, 6.07) is 11.9. The Labute approximate surface area is 119 Å². The lowest BCUT2D eigenvalue weighted by Gasteiger charge is -2.09. The SMILES string of the molecule is Cc1ccc(NC(=O)Nc2cccc(Br)c2)c(O)c1. The number of benzene rings is 2. The first-order chi connectivity index (χ1) is 9.04. The van der Waals surface area contributed by atoms with Gasteiger partial charge < -0.3 is 15.7 Å². The molecule has 2 rings (SSSR count). The van der Waals surface area contributed by atoms with Crippen LogP contribution in [0.5, 0.6) is 5.75 Å². The van der Waals surface area contributed by atoms with Crippen molar-refractivity contribution in [3.05, 3.63) is 52.5 Å². The molecule has 0 aromatic heterocycles. The largest absolute Gasteiger partial charge is 0.506 e. The first kappa shape index (κ1) is 13.4.